The lowest BCUT2D eigenvalue weighted by Gasteiger charge is -2.28. The normalized spacial score (nSPS) is 18.0. The van der Waals surface area contributed by atoms with Gasteiger partial charge in [-0.2, -0.15) is 0 Å². The first-order chi connectivity index (χ1) is 11.9. The number of methoxy groups -OCH3 is 1. The van der Waals surface area contributed by atoms with Gasteiger partial charge in [-0.05, 0) is 46.4 Å². The number of thioether (sulfide) groups is 1. The highest BCUT2D eigenvalue weighted by Crippen LogP contribution is 2.40. The summed E-state index contributed by atoms with van der Waals surface area (Å²) in [4.78, 5) is 16.9. The molecule has 2 rings (SSSR count). The fraction of sp³-hybridized carbons (Fsp3) is 0.500. The molecule has 0 bridgehead atoms. The molecule has 1 fully saturated rings. The molecule has 0 saturated carbocycles. The summed E-state index contributed by atoms with van der Waals surface area (Å²) in [6, 6.07) is 3.91. The lowest BCUT2D eigenvalue weighted by Crippen LogP contribution is -2.20. The molecule has 0 aromatic heterocycles. The van der Waals surface area contributed by atoms with E-state index in [0.29, 0.717) is 15.8 Å². The summed E-state index contributed by atoms with van der Waals surface area (Å²) in [5.41, 5.74) is 2.20. The number of nitrogens with zero attached hydrogens (tertiary/aromatic N) is 1. The molecule has 27 heavy (non-hydrogen) atoms. The number of carbonyl (C=O) groups excluding carboxylic acids is 1. The Labute approximate surface area is 172 Å². The smallest absolute Gasteiger partial charge is 0.264 e. The van der Waals surface area contributed by atoms with Gasteiger partial charge in [0.1, 0.15) is 12.5 Å². The Bertz CT molecular complexity index is 739. The van der Waals surface area contributed by atoms with Gasteiger partial charge in [-0.3, -0.25) is 4.79 Å². The number of ether oxygens (including phenoxy) is 1. The minimum absolute atomic E-state index is 0. The summed E-state index contributed by atoms with van der Waals surface area (Å²) in [6.45, 7) is 12.6. The number of hydrogen-bond acceptors (Lipinski definition) is 5. The summed E-state index contributed by atoms with van der Waals surface area (Å²) in [5, 5.41) is 14.1. The van der Waals surface area contributed by atoms with Crippen molar-refractivity contribution in [1.82, 2.24) is 5.32 Å². The van der Waals surface area contributed by atoms with E-state index >= 15 is 0 Å². The van der Waals surface area contributed by atoms with Crippen molar-refractivity contribution in [3.63, 3.8) is 0 Å². The Morgan fingerprint density at radius 3 is 2.11 bits per heavy atom. The second kappa shape index (κ2) is 8.67. The van der Waals surface area contributed by atoms with E-state index in [1.807, 2.05) is 18.2 Å². The molecule has 0 atom stereocenters. The van der Waals surface area contributed by atoms with Crippen molar-refractivity contribution in [2.75, 3.05) is 13.8 Å². The number of halogens is 1. The van der Waals surface area contributed by atoms with Gasteiger partial charge in [0.05, 0.1) is 4.91 Å². The summed E-state index contributed by atoms with van der Waals surface area (Å²) in [6.07, 6.45) is 1.85. The van der Waals surface area contributed by atoms with Gasteiger partial charge in [0.2, 0.25) is 0 Å². The zero-order chi connectivity index (χ0) is 19.7. The van der Waals surface area contributed by atoms with Gasteiger partial charge in [-0.15, -0.1) is 12.4 Å². The van der Waals surface area contributed by atoms with E-state index < -0.39 is 0 Å². The van der Waals surface area contributed by atoms with Crippen LogP contribution in [0.1, 0.15) is 58.2 Å². The van der Waals surface area contributed by atoms with Gasteiger partial charge < -0.3 is 15.2 Å². The second-order valence-corrected chi connectivity index (χ2v) is 9.44. The van der Waals surface area contributed by atoms with Crippen LogP contribution in [0.3, 0.4) is 0 Å². The van der Waals surface area contributed by atoms with Crippen LogP contribution in [0, 0.1) is 0 Å². The summed E-state index contributed by atoms with van der Waals surface area (Å²) in [7, 11) is 1.56. The van der Waals surface area contributed by atoms with Crippen molar-refractivity contribution >= 4 is 41.3 Å². The Morgan fingerprint density at radius 1 is 1.15 bits per heavy atom. The zero-order valence-corrected chi connectivity index (χ0v) is 18.6. The molecule has 150 valence electrons. The number of aromatic hydroxyl groups is 1. The van der Waals surface area contributed by atoms with Crippen LogP contribution in [-0.2, 0) is 20.4 Å². The molecule has 2 N–H and O–H groups in total. The fourth-order valence-electron chi connectivity index (χ4n) is 2.66. The summed E-state index contributed by atoms with van der Waals surface area (Å²) in [5.74, 6) is 0.158. The number of rotatable bonds is 3. The number of nitrogens with one attached hydrogen (secondary N) is 1. The van der Waals surface area contributed by atoms with Gasteiger partial charge in [0.25, 0.3) is 5.91 Å². The van der Waals surface area contributed by atoms with E-state index in [9.17, 15) is 9.90 Å². The molecule has 1 aliphatic heterocycles. The second-order valence-electron chi connectivity index (χ2n) is 8.41. The minimum atomic E-state index is -0.214. The van der Waals surface area contributed by atoms with E-state index in [1.165, 1.54) is 11.8 Å². The molecule has 0 radical (unpaired) electrons. The van der Waals surface area contributed by atoms with E-state index in [1.54, 1.807) is 7.11 Å². The third-order valence-electron chi connectivity index (χ3n) is 4.03. The molecule has 1 heterocycles. The number of carbonyl (C=O) groups is 1. The molecule has 0 unspecified atom stereocenters. The highest BCUT2D eigenvalue weighted by molar-refractivity contribution is 8.18. The third kappa shape index (κ3) is 5.74. The van der Waals surface area contributed by atoms with Crippen molar-refractivity contribution in [1.29, 1.82) is 0 Å². The molecule has 1 aromatic carbocycles. The average Bonchev–Trinajstić information content (AvgIpc) is 2.84. The molecular weight excluding hydrogens is 384 g/mol. The quantitative estimate of drug-likeness (QED) is 0.713. The van der Waals surface area contributed by atoms with Crippen LogP contribution in [-0.4, -0.2) is 30.0 Å². The predicted octanol–water partition coefficient (Wildman–Crippen LogP) is 4.57. The first-order valence-corrected chi connectivity index (χ1v) is 9.37. The summed E-state index contributed by atoms with van der Waals surface area (Å²) >= 11 is 1.29. The third-order valence-corrected chi connectivity index (χ3v) is 4.98. The Hall–Kier alpha value is -1.50. The van der Waals surface area contributed by atoms with Crippen LogP contribution < -0.4 is 5.32 Å². The van der Waals surface area contributed by atoms with E-state index in [4.69, 9.17) is 4.74 Å². The van der Waals surface area contributed by atoms with Crippen LogP contribution in [0.2, 0.25) is 0 Å². The van der Waals surface area contributed by atoms with E-state index in [2.05, 4.69) is 51.9 Å². The molecule has 1 amide bonds. The van der Waals surface area contributed by atoms with Crippen LogP contribution >= 0.6 is 24.2 Å². The highest BCUT2D eigenvalue weighted by atomic mass is 35.5. The SMILES string of the molecule is COC/N=C1/NC(=O)/C(=C/c2cc(C(C)(C)C)c(O)c(C(C)(C)C)c2)S1.Cl. The number of amidine groups is 1. The largest absolute Gasteiger partial charge is 0.507 e. The molecule has 7 heteroatoms. The number of benzene rings is 1. The van der Waals surface area contributed by atoms with E-state index in [-0.39, 0.29) is 35.9 Å². The van der Waals surface area contributed by atoms with Crippen molar-refractivity contribution in [2.45, 2.75) is 52.4 Å². The van der Waals surface area contributed by atoms with Crippen LogP contribution in [0.5, 0.6) is 5.75 Å². The highest BCUT2D eigenvalue weighted by Gasteiger charge is 2.28. The number of aliphatic imine (C=N–C) groups is 1. The minimum Gasteiger partial charge on any atom is -0.507 e. The first kappa shape index (κ1) is 23.5. The average molecular weight is 413 g/mol. The fourth-order valence-corrected chi connectivity index (χ4v) is 3.47. The molecule has 1 aromatic rings. The van der Waals surface area contributed by atoms with Gasteiger partial charge >= 0.3 is 0 Å². The van der Waals surface area contributed by atoms with Crippen LogP contribution in [0.25, 0.3) is 6.08 Å². The zero-order valence-electron chi connectivity index (χ0n) is 17.0. The van der Waals surface area contributed by atoms with Crippen LogP contribution in [0.4, 0.5) is 0 Å². The monoisotopic (exact) mass is 412 g/mol. The number of hydrogen-bond donors (Lipinski definition) is 2. The number of amides is 1. The van der Waals surface area contributed by atoms with Gasteiger partial charge in [-0.1, -0.05) is 41.5 Å². The lowest BCUT2D eigenvalue weighted by molar-refractivity contribution is -0.115. The van der Waals surface area contributed by atoms with Crippen molar-refractivity contribution in [2.24, 2.45) is 4.99 Å². The van der Waals surface area contributed by atoms with Crippen molar-refractivity contribution in [3.05, 3.63) is 33.7 Å². The molecule has 5 nitrogen and oxygen atoms in total. The predicted molar refractivity (Wildman–Crippen MR) is 116 cm³/mol. The van der Waals surface area contributed by atoms with Crippen molar-refractivity contribution in [3.8, 4) is 5.75 Å². The number of phenols is 1. The maximum Gasteiger partial charge on any atom is 0.264 e. The topological polar surface area (TPSA) is 70.9 Å². The maximum atomic E-state index is 12.2. The van der Waals surface area contributed by atoms with E-state index in [0.717, 1.165) is 16.7 Å². The van der Waals surface area contributed by atoms with Gasteiger partial charge in [-0.25, -0.2) is 4.99 Å². The van der Waals surface area contributed by atoms with Crippen molar-refractivity contribution < 1.29 is 14.6 Å². The Balaban J connectivity index is 0.00000364. The standard InChI is InChI=1S/C20H28N2O3S.ClH/c1-19(2,3)13-8-12(9-14(16(13)23)20(4,5)6)10-15-17(24)22-18(26-15)21-11-25-7;/h8-10,23H,11H2,1-7H3,(H,21,22,24);1H/b15-10-;. The maximum absolute atomic E-state index is 12.2. The van der Waals surface area contributed by atoms with Crippen LogP contribution in [0.15, 0.2) is 22.0 Å². The lowest BCUT2D eigenvalue weighted by atomic mass is 9.78. The molecule has 1 saturated heterocycles. The molecule has 0 aliphatic carbocycles. The summed E-state index contributed by atoms with van der Waals surface area (Å²) < 4.78 is 4.91. The van der Waals surface area contributed by atoms with Gasteiger partial charge in [0.15, 0.2) is 5.17 Å². The Kier molecular flexibility index (Phi) is 7.56. The number of phenolic OH excluding ortho intramolecular Hbond substituents is 1. The molecular formula is C20H29ClN2O3S. The molecule has 0 spiro atoms. The Morgan fingerprint density at radius 2 is 1.67 bits per heavy atom. The molecule has 1 aliphatic rings. The first-order valence-electron chi connectivity index (χ1n) is 8.55. The van der Waals surface area contributed by atoms with Gasteiger partial charge in [0, 0.05) is 18.2 Å².